The molecule has 0 unspecified atom stereocenters. The van der Waals surface area contributed by atoms with E-state index in [1.54, 1.807) is 26.4 Å². The van der Waals surface area contributed by atoms with Crippen LogP contribution in [0.3, 0.4) is 0 Å². The van der Waals surface area contributed by atoms with E-state index < -0.39 is 0 Å². The summed E-state index contributed by atoms with van der Waals surface area (Å²) in [6.45, 7) is 0.866. The lowest BCUT2D eigenvalue weighted by Gasteiger charge is -2.14. The van der Waals surface area contributed by atoms with E-state index in [9.17, 15) is 0 Å². The third-order valence-electron chi connectivity index (χ3n) is 3.13. The van der Waals surface area contributed by atoms with E-state index in [4.69, 9.17) is 25.7 Å². The molecular weight excluding hydrogens is 268 g/mol. The summed E-state index contributed by atoms with van der Waals surface area (Å²) in [7, 11) is 3.25. The average Bonchev–Trinajstić information content (AvgIpc) is 2.48. The fraction of sp³-hybridized carbons (Fsp3) is 0.250. The highest BCUT2D eigenvalue weighted by Crippen LogP contribution is 2.34. The van der Waals surface area contributed by atoms with Gasteiger partial charge in [0.25, 0.3) is 0 Å². The molecule has 0 saturated heterocycles. The van der Waals surface area contributed by atoms with Gasteiger partial charge in [0.2, 0.25) is 0 Å². The van der Waals surface area contributed by atoms with Crippen molar-refractivity contribution in [3.63, 3.8) is 0 Å². The highest BCUT2D eigenvalue weighted by Gasteiger charge is 2.11. The number of hydrogen-bond donors (Lipinski definition) is 2. The summed E-state index contributed by atoms with van der Waals surface area (Å²) in [5.41, 5.74) is 15.0. The molecule has 0 amide bonds. The largest absolute Gasteiger partial charge is 0.453 e. The Bertz CT molecular complexity index is 561. The van der Waals surface area contributed by atoms with Gasteiger partial charge in [-0.1, -0.05) is 24.3 Å². The molecule has 0 aliphatic carbocycles. The van der Waals surface area contributed by atoms with E-state index >= 15 is 0 Å². The molecule has 0 saturated carbocycles. The maximum atomic E-state index is 6.09. The molecule has 0 aliphatic heterocycles. The Balaban J connectivity index is 2.30. The van der Waals surface area contributed by atoms with Crippen LogP contribution < -0.4 is 16.2 Å². The van der Waals surface area contributed by atoms with Crippen LogP contribution in [0, 0.1) is 0 Å². The van der Waals surface area contributed by atoms with Crippen LogP contribution in [0.5, 0.6) is 11.5 Å². The van der Waals surface area contributed by atoms with Gasteiger partial charge in [0.15, 0.2) is 11.5 Å². The highest BCUT2D eigenvalue weighted by atomic mass is 16.5. The molecule has 2 aromatic rings. The highest BCUT2D eigenvalue weighted by molar-refractivity contribution is 5.63. The number of ether oxygens (including phenoxy) is 3. The first kappa shape index (κ1) is 15.2. The minimum Gasteiger partial charge on any atom is -0.453 e. The molecule has 0 atom stereocenters. The van der Waals surface area contributed by atoms with E-state index in [0.29, 0.717) is 36.1 Å². The molecule has 0 aliphatic rings. The zero-order chi connectivity index (χ0) is 15.2. The smallest absolute Gasteiger partial charge is 0.150 e. The molecule has 0 bridgehead atoms. The summed E-state index contributed by atoms with van der Waals surface area (Å²) < 4.78 is 16.1. The quantitative estimate of drug-likeness (QED) is 0.799. The van der Waals surface area contributed by atoms with E-state index in [-0.39, 0.29) is 0 Å². The molecular formula is C16H20N2O3. The lowest BCUT2D eigenvalue weighted by Crippen LogP contribution is -2.02. The Kier molecular flexibility index (Phi) is 5.03. The molecule has 4 N–H and O–H groups in total. The van der Waals surface area contributed by atoms with Gasteiger partial charge < -0.3 is 25.7 Å². The van der Waals surface area contributed by atoms with Crippen LogP contribution in [-0.2, 0) is 22.7 Å². The van der Waals surface area contributed by atoms with Crippen molar-refractivity contribution in [2.45, 2.75) is 13.2 Å². The molecule has 5 nitrogen and oxygen atoms in total. The van der Waals surface area contributed by atoms with E-state index in [0.717, 1.165) is 11.1 Å². The second kappa shape index (κ2) is 6.97. The first-order valence-corrected chi connectivity index (χ1v) is 6.57. The number of rotatable bonds is 6. The maximum Gasteiger partial charge on any atom is 0.150 e. The van der Waals surface area contributed by atoms with E-state index in [1.165, 1.54) is 0 Å². The first-order valence-electron chi connectivity index (χ1n) is 6.57. The summed E-state index contributed by atoms with van der Waals surface area (Å²) in [4.78, 5) is 0. The van der Waals surface area contributed by atoms with Crippen molar-refractivity contribution < 1.29 is 14.2 Å². The number of hydrogen-bond acceptors (Lipinski definition) is 5. The van der Waals surface area contributed by atoms with Gasteiger partial charge in [-0.2, -0.15) is 0 Å². The van der Waals surface area contributed by atoms with Gasteiger partial charge >= 0.3 is 0 Å². The van der Waals surface area contributed by atoms with Crippen LogP contribution in [-0.4, -0.2) is 14.2 Å². The predicted octanol–water partition coefficient (Wildman–Crippen LogP) is 2.94. The van der Waals surface area contributed by atoms with Gasteiger partial charge in [-0.25, -0.2) is 0 Å². The van der Waals surface area contributed by atoms with Crippen LogP contribution in [0.25, 0.3) is 0 Å². The second-order valence-corrected chi connectivity index (χ2v) is 4.63. The molecule has 21 heavy (non-hydrogen) atoms. The van der Waals surface area contributed by atoms with Crippen molar-refractivity contribution in [1.82, 2.24) is 0 Å². The van der Waals surface area contributed by atoms with Gasteiger partial charge in [-0.15, -0.1) is 0 Å². The molecule has 0 heterocycles. The van der Waals surface area contributed by atoms with Gasteiger partial charge in [-0.3, -0.25) is 0 Å². The lowest BCUT2D eigenvalue weighted by molar-refractivity contribution is 0.185. The number of methoxy groups -OCH3 is 2. The molecule has 0 spiro atoms. The lowest BCUT2D eigenvalue weighted by atomic mass is 10.1. The maximum absolute atomic E-state index is 6.09. The minimum absolute atomic E-state index is 0.433. The minimum atomic E-state index is 0.433. The van der Waals surface area contributed by atoms with Crippen molar-refractivity contribution in [3.05, 3.63) is 47.5 Å². The van der Waals surface area contributed by atoms with Gasteiger partial charge in [-0.05, 0) is 12.1 Å². The summed E-state index contributed by atoms with van der Waals surface area (Å²) in [5.74, 6) is 1.12. The first-order chi connectivity index (χ1) is 10.2. The molecule has 2 rings (SSSR count). The normalized spacial score (nSPS) is 10.6. The number of nitrogens with two attached hydrogens (primary N) is 2. The predicted molar refractivity (Wildman–Crippen MR) is 83.2 cm³/mol. The molecule has 112 valence electrons. The molecule has 2 aromatic carbocycles. The van der Waals surface area contributed by atoms with Gasteiger partial charge in [0, 0.05) is 25.3 Å². The fourth-order valence-electron chi connectivity index (χ4n) is 2.04. The van der Waals surface area contributed by atoms with E-state index in [1.807, 2.05) is 24.3 Å². The van der Waals surface area contributed by atoms with E-state index in [2.05, 4.69) is 0 Å². The third-order valence-corrected chi connectivity index (χ3v) is 3.13. The van der Waals surface area contributed by atoms with Crippen LogP contribution in [0.4, 0.5) is 11.4 Å². The van der Waals surface area contributed by atoms with Gasteiger partial charge in [0.1, 0.15) is 0 Å². The van der Waals surface area contributed by atoms with Crippen molar-refractivity contribution in [1.29, 1.82) is 0 Å². The molecule has 5 heteroatoms. The zero-order valence-corrected chi connectivity index (χ0v) is 12.3. The standard InChI is InChI=1S/C16H20N2O3/c1-19-9-11-5-3-7-13(15(11)17)21-14-8-4-6-12(10-20-2)16(14)18/h3-8H,9-10,17-18H2,1-2H3. The molecule has 0 radical (unpaired) electrons. The third kappa shape index (κ3) is 3.45. The topological polar surface area (TPSA) is 79.7 Å². The van der Waals surface area contributed by atoms with Crippen molar-refractivity contribution in [2.24, 2.45) is 0 Å². The molecule has 0 fully saturated rings. The van der Waals surface area contributed by atoms with Crippen molar-refractivity contribution >= 4 is 11.4 Å². The van der Waals surface area contributed by atoms with Crippen LogP contribution in [0.2, 0.25) is 0 Å². The Labute approximate surface area is 124 Å². The average molecular weight is 288 g/mol. The Morgan fingerprint density at radius 2 is 1.19 bits per heavy atom. The number of para-hydroxylation sites is 2. The van der Waals surface area contributed by atoms with Crippen LogP contribution in [0.1, 0.15) is 11.1 Å². The number of benzene rings is 2. The summed E-state index contributed by atoms with van der Waals surface area (Å²) in [6.07, 6.45) is 0. The zero-order valence-electron chi connectivity index (χ0n) is 12.3. The Morgan fingerprint density at radius 1 is 0.762 bits per heavy atom. The van der Waals surface area contributed by atoms with Crippen molar-refractivity contribution in [3.8, 4) is 11.5 Å². The Morgan fingerprint density at radius 3 is 1.57 bits per heavy atom. The second-order valence-electron chi connectivity index (χ2n) is 4.63. The summed E-state index contributed by atoms with van der Waals surface area (Å²) in [6, 6.07) is 11.1. The fourth-order valence-corrected chi connectivity index (χ4v) is 2.04. The van der Waals surface area contributed by atoms with Crippen LogP contribution >= 0.6 is 0 Å². The SMILES string of the molecule is COCc1cccc(Oc2cccc(COC)c2N)c1N. The Hall–Kier alpha value is -2.24. The summed E-state index contributed by atoms with van der Waals surface area (Å²) in [5, 5.41) is 0. The monoisotopic (exact) mass is 288 g/mol. The van der Waals surface area contributed by atoms with Gasteiger partial charge in [0.05, 0.1) is 24.6 Å². The number of nitrogen functional groups attached to an aromatic ring is 2. The summed E-state index contributed by atoms with van der Waals surface area (Å²) >= 11 is 0. The molecule has 0 aromatic heterocycles. The van der Waals surface area contributed by atoms with Crippen molar-refractivity contribution in [2.75, 3.05) is 25.7 Å². The number of anilines is 2. The van der Waals surface area contributed by atoms with Crippen LogP contribution in [0.15, 0.2) is 36.4 Å².